The van der Waals surface area contributed by atoms with Gasteiger partial charge in [0, 0.05) is 25.6 Å². The third-order valence-electron chi connectivity index (χ3n) is 3.17. The first-order valence-electron chi connectivity index (χ1n) is 6.31. The summed E-state index contributed by atoms with van der Waals surface area (Å²) < 4.78 is 4.18. The Hall–Kier alpha value is -1.21. The van der Waals surface area contributed by atoms with Crippen molar-refractivity contribution in [3.63, 3.8) is 0 Å². The van der Waals surface area contributed by atoms with Crippen molar-refractivity contribution in [2.45, 2.75) is 27.2 Å². The van der Waals surface area contributed by atoms with Crippen LogP contribution in [0.4, 0.5) is 5.00 Å². The molecule has 0 saturated carbocycles. The lowest BCUT2D eigenvalue weighted by molar-refractivity contribution is -0.117. The maximum absolute atomic E-state index is 12.1. The molecule has 20 heavy (non-hydrogen) atoms. The normalized spacial score (nSPS) is 18.6. The van der Waals surface area contributed by atoms with E-state index in [0.29, 0.717) is 35.0 Å². The van der Waals surface area contributed by atoms with E-state index in [4.69, 9.17) is 0 Å². The lowest BCUT2D eigenvalue weighted by Crippen LogP contribution is -2.25. The lowest BCUT2D eigenvalue weighted by Gasteiger charge is -2.15. The molecule has 108 valence electrons. The molecular formula is C13H16N2O3S2. The van der Waals surface area contributed by atoms with Gasteiger partial charge in [-0.2, -0.15) is 4.37 Å². The standard InChI is InChI=1S/C13H16N2O3S2/c1-7-12(8(2)16)13(20-14-7)15-5-10(4-11(15)18)6-19-9(3)17/h10H,4-6H2,1-3H3. The number of amides is 1. The highest BCUT2D eigenvalue weighted by molar-refractivity contribution is 8.13. The molecule has 0 spiro atoms. The molecule has 0 aliphatic carbocycles. The minimum absolute atomic E-state index is 0.00491. The van der Waals surface area contributed by atoms with Gasteiger partial charge in [0.25, 0.3) is 0 Å². The summed E-state index contributed by atoms with van der Waals surface area (Å²) in [6.07, 6.45) is 0.425. The molecule has 1 aliphatic rings. The highest BCUT2D eigenvalue weighted by Crippen LogP contribution is 2.34. The van der Waals surface area contributed by atoms with E-state index in [2.05, 4.69) is 4.37 Å². The van der Waals surface area contributed by atoms with E-state index in [0.717, 1.165) is 0 Å². The van der Waals surface area contributed by atoms with Crippen LogP contribution in [0.5, 0.6) is 0 Å². The number of nitrogens with zero attached hydrogens (tertiary/aromatic N) is 2. The molecule has 1 unspecified atom stereocenters. The fraction of sp³-hybridized carbons (Fsp3) is 0.538. The largest absolute Gasteiger partial charge is 0.302 e. The molecule has 5 nitrogen and oxygen atoms in total. The zero-order valence-electron chi connectivity index (χ0n) is 11.6. The van der Waals surface area contributed by atoms with Crippen molar-refractivity contribution in [2.75, 3.05) is 17.2 Å². The number of carbonyl (C=O) groups excluding carboxylic acids is 3. The predicted octanol–water partition coefficient (Wildman–Crippen LogP) is 2.29. The topological polar surface area (TPSA) is 67.3 Å². The summed E-state index contributed by atoms with van der Waals surface area (Å²) in [5, 5.41) is 0.712. The van der Waals surface area contributed by atoms with Crippen LogP contribution in [0.2, 0.25) is 0 Å². The summed E-state index contributed by atoms with van der Waals surface area (Å²) in [5.74, 6) is 0.731. The molecule has 1 amide bonds. The summed E-state index contributed by atoms with van der Waals surface area (Å²) in [6.45, 7) is 5.35. The maximum atomic E-state index is 12.1. The van der Waals surface area contributed by atoms with E-state index in [1.807, 2.05) is 0 Å². The molecule has 0 radical (unpaired) electrons. The van der Waals surface area contributed by atoms with Gasteiger partial charge in [-0.3, -0.25) is 14.4 Å². The molecule has 1 aliphatic heterocycles. The van der Waals surface area contributed by atoms with E-state index in [9.17, 15) is 14.4 Å². The van der Waals surface area contributed by atoms with Crippen molar-refractivity contribution in [2.24, 2.45) is 5.92 Å². The minimum atomic E-state index is -0.0689. The molecule has 1 saturated heterocycles. The van der Waals surface area contributed by atoms with Gasteiger partial charge < -0.3 is 4.90 Å². The molecule has 2 rings (SSSR count). The van der Waals surface area contributed by atoms with Crippen LogP contribution >= 0.6 is 23.3 Å². The fourth-order valence-electron chi connectivity index (χ4n) is 2.27. The minimum Gasteiger partial charge on any atom is -0.302 e. The molecule has 1 fully saturated rings. The molecule has 0 bridgehead atoms. The van der Waals surface area contributed by atoms with Crippen LogP contribution in [0.3, 0.4) is 0 Å². The van der Waals surface area contributed by atoms with E-state index < -0.39 is 0 Å². The summed E-state index contributed by atoms with van der Waals surface area (Å²) in [5.41, 5.74) is 1.22. The number of ketones is 1. The highest BCUT2D eigenvalue weighted by atomic mass is 32.2. The summed E-state index contributed by atoms with van der Waals surface area (Å²) in [6, 6.07) is 0. The average Bonchev–Trinajstić information content (AvgIpc) is 2.89. The zero-order valence-corrected chi connectivity index (χ0v) is 13.3. The van der Waals surface area contributed by atoms with Gasteiger partial charge >= 0.3 is 0 Å². The van der Waals surface area contributed by atoms with Crippen molar-refractivity contribution in [3.05, 3.63) is 11.3 Å². The maximum Gasteiger partial charge on any atom is 0.228 e. The Morgan fingerprint density at radius 3 is 2.75 bits per heavy atom. The van der Waals surface area contributed by atoms with Crippen LogP contribution in [0.15, 0.2) is 0 Å². The van der Waals surface area contributed by atoms with E-state index in [-0.39, 0.29) is 22.7 Å². The number of anilines is 1. The number of rotatable bonds is 4. The molecule has 7 heteroatoms. The molecule has 0 aromatic carbocycles. The smallest absolute Gasteiger partial charge is 0.228 e. The Morgan fingerprint density at radius 1 is 1.45 bits per heavy atom. The van der Waals surface area contributed by atoms with Gasteiger partial charge in [-0.1, -0.05) is 11.8 Å². The first kappa shape index (κ1) is 15.2. The van der Waals surface area contributed by atoms with Gasteiger partial charge in [0.05, 0.1) is 11.3 Å². The van der Waals surface area contributed by atoms with E-state index in [1.54, 1.807) is 11.8 Å². The van der Waals surface area contributed by atoms with Gasteiger partial charge in [-0.05, 0) is 31.3 Å². The number of hydrogen-bond acceptors (Lipinski definition) is 6. The summed E-state index contributed by atoms with van der Waals surface area (Å²) in [7, 11) is 0. The van der Waals surface area contributed by atoms with Crippen LogP contribution < -0.4 is 4.90 Å². The molecule has 1 aromatic rings. The van der Waals surface area contributed by atoms with Crippen LogP contribution in [-0.2, 0) is 9.59 Å². The number of carbonyl (C=O) groups is 3. The van der Waals surface area contributed by atoms with Gasteiger partial charge in [0.2, 0.25) is 5.91 Å². The molecule has 0 N–H and O–H groups in total. The Bertz CT molecular complexity index is 568. The van der Waals surface area contributed by atoms with Crippen LogP contribution in [0.1, 0.15) is 36.3 Å². The number of Topliss-reactive ketones (excluding diaryl/α,β-unsaturated/α-hetero) is 1. The monoisotopic (exact) mass is 312 g/mol. The van der Waals surface area contributed by atoms with Crippen molar-refractivity contribution in [3.8, 4) is 0 Å². The Balaban J connectivity index is 2.16. The zero-order chi connectivity index (χ0) is 14.9. The Kier molecular flexibility index (Phi) is 4.59. The van der Waals surface area contributed by atoms with Gasteiger partial charge in [-0.25, -0.2) is 0 Å². The van der Waals surface area contributed by atoms with Crippen LogP contribution in [-0.4, -0.2) is 33.5 Å². The van der Waals surface area contributed by atoms with Crippen LogP contribution in [0, 0.1) is 12.8 Å². The quantitative estimate of drug-likeness (QED) is 0.798. The Morgan fingerprint density at radius 2 is 2.15 bits per heavy atom. The number of thioether (sulfide) groups is 1. The third kappa shape index (κ3) is 3.09. The highest BCUT2D eigenvalue weighted by Gasteiger charge is 2.34. The van der Waals surface area contributed by atoms with Crippen LogP contribution in [0.25, 0.3) is 0 Å². The second-order valence-corrected chi connectivity index (χ2v) is 6.83. The predicted molar refractivity (Wildman–Crippen MR) is 80.5 cm³/mol. The number of aromatic nitrogens is 1. The van der Waals surface area contributed by atoms with E-state index in [1.165, 1.54) is 37.1 Å². The average molecular weight is 312 g/mol. The van der Waals surface area contributed by atoms with Crippen molar-refractivity contribution in [1.82, 2.24) is 4.37 Å². The van der Waals surface area contributed by atoms with Gasteiger partial charge in [0.15, 0.2) is 10.9 Å². The number of hydrogen-bond donors (Lipinski definition) is 0. The summed E-state index contributed by atoms with van der Waals surface area (Å²) in [4.78, 5) is 36.4. The third-order valence-corrected chi connectivity index (χ3v) is 5.18. The molecular weight excluding hydrogens is 296 g/mol. The fourth-order valence-corrected chi connectivity index (χ4v) is 3.94. The van der Waals surface area contributed by atoms with Gasteiger partial charge in [0.1, 0.15) is 5.00 Å². The first-order chi connectivity index (χ1) is 9.40. The van der Waals surface area contributed by atoms with Crippen molar-refractivity contribution < 1.29 is 14.4 Å². The summed E-state index contributed by atoms with van der Waals surface area (Å²) >= 11 is 2.44. The van der Waals surface area contributed by atoms with Gasteiger partial charge in [-0.15, -0.1) is 0 Å². The number of aryl methyl sites for hydroxylation is 1. The molecule has 1 atom stereocenters. The van der Waals surface area contributed by atoms with Crippen molar-refractivity contribution >= 4 is 45.1 Å². The van der Waals surface area contributed by atoms with Crippen molar-refractivity contribution in [1.29, 1.82) is 0 Å². The van der Waals surface area contributed by atoms with E-state index >= 15 is 0 Å². The molecule has 1 aromatic heterocycles. The SMILES string of the molecule is CC(=O)SCC1CC(=O)N(c2snc(C)c2C(C)=O)C1. The second-order valence-electron chi connectivity index (χ2n) is 4.88. The molecule has 2 heterocycles. The first-order valence-corrected chi connectivity index (χ1v) is 8.07. The lowest BCUT2D eigenvalue weighted by atomic mass is 10.1. The second kappa shape index (κ2) is 6.05. The Labute approximate surface area is 125 Å².